The van der Waals surface area contributed by atoms with Gasteiger partial charge in [-0.25, -0.2) is 4.79 Å². The van der Waals surface area contributed by atoms with Gasteiger partial charge in [0.2, 0.25) is 6.04 Å². The van der Waals surface area contributed by atoms with Crippen LogP contribution in [0.2, 0.25) is 0 Å². The zero-order valence-corrected chi connectivity index (χ0v) is 8.64. The molecule has 10 nitrogen and oxygen atoms in total. The highest BCUT2D eigenvalue weighted by atomic mass is 16.6. The van der Waals surface area contributed by atoms with E-state index in [1.807, 2.05) is 0 Å². The second-order valence-electron chi connectivity index (χ2n) is 3.08. The Morgan fingerprint density at radius 2 is 2.12 bits per heavy atom. The molecule has 1 N–H and O–H groups in total. The van der Waals surface area contributed by atoms with E-state index in [9.17, 15) is 25.0 Å². The van der Waals surface area contributed by atoms with Crippen molar-refractivity contribution in [2.24, 2.45) is 0 Å². The summed E-state index contributed by atoms with van der Waals surface area (Å²) in [5, 5.41) is 33.2. The number of hydrogen-bond donors (Lipinski definition) is 1. The normalized spacial score (nSPS) is 12.1. The summed E-state index contributed by atoms with van der Waals surface area (Å²) in [7, 11) is 0. The van der Waals surface area contributed by atoms with Crippen LogP contribution in [0.3, 0.4) is 0 Å². The number of nitro groups is 2. The van der Waals surface area contributed by atoms with Crippen LogP contribution in [0.5, 0.6) is 0 Å². The van der Waals surface area contributed by atoms with E-state index in [1.54, 1.807) is 0 Å². The van der Waals surface area contributed by atoms with Crippen molar-refractivity contribution >= 4 is 17.6 Å². The first-order valence-corrected chi connectivity index (χ1v) is 4.49. The van der Waals surface area contributed by atoms with Gasteiger partial charge in [0, 0.05) is 6.42 Å². The summed E-state index contributed by atoms with van der Waals surface area (Å²) in [4.78, 5) is 30.1. The number of carboxylic acid groups (broad SMARTS) is 1. The lowest BCUT2D eigenvalue weighted by atomic mass is 10.2. The molecule has 0 saturated carbocycles. The fourth-order valence-corrected chi connectivity index (χ4v) is 1.28. The van der Waals surface area contributed by atoms with Crippen molar-refractivity contribution in [1.82, 2.24) is 9.78 Å². The summed E-state index contributed by atoms with van der Waals surface area (Å²) >= 11 is 0. The Morgan fingerprint density at radius 3 is 2.47 bits per heavy atom. The van der Waals surface area contributed by atoms with Gasteiger partial charge in [-0.2, -0.15) is 0 Å². The molecule has 0 amide bonds. The first-order chi connectivity index (χ1) is 7.88. The summed E-state index contributed by atoms with van der Waals surface area (Å²) < 4.78 is 0.542. The van der Waals surface area contributed by atoms with E-state index in [0.717, 1.165) is 0 Å². The van der Waals surface area contributed by atoms with Gasteiger partial charge in [-0.3, -0.25) is 0 Å². The van der Waals surface area contributed by atoms with Crippen LogP contribution in [-0.2, 0) is 4.79 Å². The van der Waals surface area contributed by atoms with Crippen LogP contribution in [0.4, 0.5) is 11.6 Å². The first kappa shape index (κ1) is 12.5. The maximum atomic E-state index is 10.8. The smallest absolute Gasteiger partial charge is 0.420 e. The van der Waals surface area contributed by atoms with E-state index in [0.29, 0.717) is 10.7 Å². The van der Waals surface area contributed by atoms with Gasteiger partial charge in [0.15, 0.2) is 0 Å². The molecule has 10 heteroatoms. The summed E-state index contributed by atoms with van der Waals surface area (Å²) in [6.07, 6.45) is 0.0228. The molecule has 0 saturated heterocycles. The van der Waals surface area contributed by atoms with Crippen LogP contribution in [-0.4, -0.2) is 30.7 Å². The standard InChI is InChI=1S/C7H8N4O6/c1-2-4(7(12)13)9-6(11(16)17)3-5(8-9)10(14)15/h3-4H,2H2,1H3,(H,12,13). The molecule has 0 fully saturated rings. The monoisotopic (exact) mass is 244 g/mol. The fourth-order valence-electron chi connectivity index (χ4n) is 1.28. The van der Waals surface area contributed by atoms with E-state index in [1.165, 1.54) is 6.92 Å². The lowest BCUT2D eigenvalue weighted by molar-refractivity contribution is -0.395. The summed E-state index contributed by atoms with van der Waals surface area (Å²) in [6, 6.07) is -0.671. The van der Waals surface area contributed by atoms with Crippen molar-refractivity contribution in [3.8, 4) is 0 Å². The van der Waals surface area contributed by atoms with Crippen molar-refractivity contribution in [3.05, 3.63) is 26.3 Å². The quantitative estimate of drug-likeness (QED) is 0.594. The predicted molar refractivity (Wildman–Crippen MR) is 52.5 cm³/mol. The van der Waals surface area contributed by atoms with Crippen molar-refractivity contribution in [3.63, 3.8) is 0 Å². The van der Waals surface area contributed by atoms with Gasteiger partial charge in [0.25, 0.3) is 0 Å². The minimum Gasteiger partial charge on any atom is -0.478 e. The SMILES string of the molecule is CCC(C(=O)O)n1nc([N+](=O)[O-])cc1[N+](=O)[O-]. The number of aromatic nitrogens is 2. The number of rotatable bonds is 5. The molecule has 1 aromatic rings. The average molecular weight is 244 g/mol. The molecule has 0 radical (unpaired) electrons. The van der Waals surface area contributed by atoms with E-state index < -0.39 is 33.5 Å². The molecule has 0 aromatic carbocycles. The third-order valence-corrected chi connectivity index (χ3v) is 2.04. The van der Waals surface area contributed by atoms with Crippen LogP contribution < -0.4 is 0 Å². The van der Waals surface area contributed by atoms with Gasteiger partial charge >= 0.3 is 17.6 Å². The van der Waals surface area contributed by atoms with Crippen LogP contribution in [0, 0.1) is 20.2 Å². The van der Waals surface area contributed by atoms with E-state index >= 15 is 0 Å². The molecular formula is C7H8N4O6. The van der Waals surface area contributed by atoms with Crippen LogP contribution in [0.15, 0.2) is 6.07 Å². The zero-order chi connectivity index (χ0) is 13.2. The van der Waals surface area contributed by atoms with Crippen molar-refractivity contribution < 1.29 is 19.7 Å². The largest absolute Gasteiger partial charge is 0.478 e. The lowest BCUT2D eigenvalue weighted by Crippen LogP contribution is -2.20. The molecular weight excluding hydrogens is 236 g/mol. The molecule has 1 rings (SSSR count). The Kier molecular flexibility index (Phi) is 3.36. The number of hydrogen-bond acceptors (Lipinski definition) is 6. The molecule has 0 spiro atoms. The van der Waals surface area contributed by atoms with Gasteiger partial charge in [-0.15, -0.1) is 0 Å². The van der Waals surface area contributed by atoms with Gasteiger partial charge in [0.1, 0.15) is 11.2 Å². The molecule has 0 aliphatic heterocycles. The van der Waals surface area contributed by atoms with Crippen LogP contribution in [0.25, 0.3) is 0 Å². The molecule has 1 atom stereocenters. The van der Waals surface area contributed by atoms with Gasteiger partial charge in [0.05, 0.1) is 0 Å². The third kappa shape index (κ3) is 2.35. The lowest BCUT2D eigenvalue weighted by Gasteiger charge is -2.02. The van der Waals surface area contributed by atoms with Crippen molar-refractivity contribution in [2.75, 3.05) is 0 Å². The molecule has 1 unspecified atom stereocenters. The second kappa shape index (κ2) is 4.55. The highest BCUT2D eigenvalue weighted by Crippen LogP contribution is 2.24. The zero-order valence-electron chi connectivity index (χ0n) is 8.64. The summed E-state index contributed by atoms with van der Waals surface area (Å²) in [5.41, 5.74) is 0. The van der Waals surface area contributed by atoms with Crippen molar-refractivity contribution in [1.29, 1.82) is 0 Å². The number of carbonyl (C=O) groups is 1. The molecule has 17 heavy (non-hydrogen) atoms. The Labute approximate surface area is 93.8 Å². The summed E-state index contributed by atoms with van der Waals surface area (Å²) in [6.45, 7) is 1.48. The van der Waals surface area contributed by atoms with Gasteiger partial charge < -0.3 is 25.3 Å². The highest BCUT2D eigenvalue weighted by molar-refractivity contribution is 5.72. The molecule has 92 valence electrons. The average Bonchev–Trinajstić information content (AvgIpc) is 2.63. The molecule has 0 bridgehead atoms. The topological polar surface area (TPSA) is 141 Å². The number of nitrogens with zero attached hydrogens (tertiary/aromatic N) is 4. The Morgan fingerprint density at radius 1 is 1.53 bits per heavy atom. The highest BCUT2D eigenvalue weighted by Gasteiger charge is 2.36. The predicted octanol–water partition coefficient (Wildman–Crippen LogP) is 0.735. The first-order valence-electron chi connectivity index (χ1n) is 4.49. The van der Waals surface area contributed by atoms with Crippen LogP contribution >= 0.6 is 0 Å². The molecule has 1 aromatic heterocycles. The molecule has 1 heterocycles. The summed E-state index contributed by atoms with van der Waals surface area (Å²) in [5.74, 6) is -2.81. The van der Waals surface area contributed by atoms with E-state index in [-0.39, 0.29) is 6.42 Å². The third-order valence-electron chi connectivity index (χ3n) is 2.04. The fraction of sp³-hybridized carbons (Fsp3) is 0.429. The Balaban J connectivity index is 3.34. The number of carboxylic acids is 1. The van der Waals surface area contributed by atoms with E-state index in [2.05, 4.69) is 5.10 Å². The number of aliphatic carboxylic acids is 1. The van der Waals surface area contributed by atoms with Gasteiger partial charge in [-0.1, -0.05) is 6.92 Å². The molecule has 0 aliphatic carbocycles. The Hall–Kier alpha value is -2.52. The Bertz CT molecular complexity index is 481. The van der Waals surface area contributed by atoms with E-state index in [4.69, 9.17) is 5.11 Å². The minimum absolute atomic E-state index is 0.0228. The van der Waals surface area contributed by atoms with Crippen LogP contribution in [0.1, 0.15) is 19.4 Å². The van der Waals surface area contributed by atoms with Gasteiger partial charge in [-0.05, 0) is 14.5 Å². The van der Waals surface area contributed by atoms with Crippen molar-refractivity contribution in [2.45, 2.75) is 19.4 Å². The maximum Gasteiger partial charge on any atom is 0.420 e. The molecule has 0 aliphatic rings. The minimum atomic E-state index is -1.34. The maximum absolute atomic E-state index is 10.8. The second-order valence-corrected chi connectivity index (χ2v) is 3.08.